The van der Waals surface area contributed by atoms with Crippen LogP contribution in [0.2, 0.25) is 0 Å². The number of anilines is 1. The number of hydrogen-bond acceptors (Lipinski definition) is 5. The zero-order valence-electron chi connectivity index (χ0n) is 18.4. The number of carbonyl (C=O) groups is 1. The van der Waals surface area contributed by atoms with Crippen molar-refractivity contribution in [2.75, 3.05) is 12.3 Å². The van der Waals surface area contributed by atoms with E-state index < -0.39 is 30.2 Å². The van der Waals surface area contributed by atoms with Gasteiger partial charge < -0.3 is 16.2 Å². The van der Waals surface area contributed by atoms with E-state index in [-0.39, 0.29) is 11.4 Å². The molecule has 1 heterocycles. The van der Waals surface area contributed by atoms with Crippen LogP contribution in [0.4, 0.5) is 14.6 Å². The minimum absolute atomic E-state index is 0.192. The molecule has 0 aliphatic heterocycles. The van der Waals surface area contributed by atoms with Gasteiger partial charge in [-0.05, 0) is 71.3 Å². The summed E-state index contributed by atoms with van der Waals surface area (Å²) in [5.41, 5.74) is 7.88. The monoisotopic (exact) mass is 578 g/mol. The number of aromatic nitrogens is 2. The van der Waals surface area contributed by atoms with Crippen molar-refractivity contribution >= 4 is 34.3 Å². The Labute approximate surface area is 210 Å². The number of aliphatic hydroxyl groups excluding tert-OH is 1. The number of nitrogens with one attached hydrogen (secondary N) is 1. The number of hydrogen-bond donors (Lipinski definition) is 3. The number of halogens is 3. The predicted molar refractivity (Wildman–Crippen MR) is 134 cm³/mol. The average Bonchev–Trinajstić information content (AvgIpc) is 2.82. The highest BCUT2D eigenvalue weighted by molar-refractivity contribution is 14.1. The lowest BCUT2D eigenvalue weighted by atomic mass is 9.87. The molecular weight excluding hydrogens is 553 g/mol. The van der Waals surface area contributed by atoms with Crippen molar-refractivity contribution in [3.05, 3.63) is 74.6 Å². The third-order valence-corrected chi connectivity index (χ3v) is 6.73. The Bertz CT molecular complexity index is 1180. The fraction of sp³-hybridized carbons (Fsp3) is 0.320. The second-order valence-electron chi connectivity index (χ2n) is 8.47. The van der Waals surface area contributed by atoms with Crippen LogP contribution in [0.15, 0.2) is 42.6 Å². The summed E-state index contributed by atoms with van der Waals surface area (Å²) < 4.78 is 29.4. The number of nitrogens with zero attached hydrogens (tertiary/aromatic N) is 2. The number of aliphatic hydroxyl groups is 1. The molecular formula is C25H25F2IN4O2. The molecule has 2 aromatic carbocycles. The maximum absolute atomic E-state index is 15.0. The summed E-state index contributed by atoms with van der Waals surface area (Å²) in [7, 11) is 0. The van der Waals surface area contributed by atoms with Gasteiger partial charge in [0, 0.05) is 15.1 Å². The molecule has 0 spiro atoms. The molecule has 1 atom stereocenters. The highest BCUT2D eigenvalue weighted by Gasteiger charge is 2.22. The van der Waals surface area contributed by atoms with Crippen LogP contribution in [0.3, 0.4) is 0 Å². The van der Waals surface area contributed by atoms with Gasteiger partial charge in [-0.25, -0.2) is 18.7 Å². The maximum Gasteiger partial charge on any atom is 0.254 e. The minimum atomic E-state index is -0.885. The summed E-state index contributed by atoms with van der Waals surface area (Å²) >= 11 is 1.94. The van der Waals surface area contributed by atoms with E-state index in [0.717, 1.165) is 31.4 Å². The summed E-state index contributed by atoms with van der Waals surface area (Å²) in [5.74, 6) is -1.46. The lowest BCUT2D eigenvalue weighted by Gasteiger charge is -2.21. The van der Waals surface area contributed by atoms with E-state index in [1.165, 1.54) is 30.7 Å². The van der Waals surface area contributed by atoms with Crippen molar-refractivity contribution in [3.63, 3.8) is 0 Å². The average molecular weight is 578 g/mol. The zero-order chi connectivity index (χ0) is 24.2. The van der Waals surface area contributed by atoms with Crippen LogP contribution in [0.5, 0.6) is 0 Å². The summed E-state index contributed by atoms with van der Waals surface area (Å²) in [6.07, 6.45) is 7.29. The van der Waals surface area contributed by atoms with Gasteiger partial charge in [-0.1, -0.05) is 25.3 Å². The second-order valence-corrected chi connectivity index (χ2v) is 9.72. The standard InChI is InChI=1S/C25H25F2IN4O2/c26-17-8-16(9-18(28)11-17)22(13-33)32-25(34)19-7-6-15(10-20(19)27)23-24(29)30-12-21(31-23)14-4-2-1-3-5-14/h6-12,14,22,33H,1-5,13H2,(H2,29,30)(H,32,34)/t22-/m1/s1. The fourth-order valence-electron chi connectivity index (χ4n) is 4.31. The minimum Gasteiger partial charge on any atom is -0.394 e. The van der Waals surface area contributed by atoms with Crippen LogP contribution in [0, 0.1) is 15.2 Å². The van der Waals surface area contributed by atoms with Gasteiger partial charge in [-0.2, -0.15) is 0 Å². The van der Waals surface area contributed by atoms with Gasteiger partial charge in [0.2, 0.25) is 0 Å². The Morgan fingerprint density at radius 2 is 1.94 bits per heavy atom. The highest BCUT2D eigenvalue weighted by Crippen LogP contribution is 2.33. The number of amides is 1. The van der Waals surface area contributed by atoms with Gasteiger partial charge in [0.15, 0.2) is 0 Å². The van der Waals surface area contributed by atoms with Crippen LogP contribution in [0.25, 0.3) is 11.3 Å². The van der Waals surface area contributed by atoms with Crippen molar-refractivity contribution < 1.29 is 18.7 Å². The maximum atomic E-state index is 15.0. The Kier molecular flexibility index (Phi) is 7.72. The van der Waals surface area contributed by atoms with Crippen molar-refractivity contribution in [1.29, 1.82) is 0 Å². The van der Waals surface area contributed by atoms with Crippen molar-refractivity contribution in [3.8, 4) is 11.3 Å². The second kappa shape index (κ2) is 10.7. The van der Waals surface area contributed by atoms with Gasteiger partial charge >= 0.3 is 0 Å². The van der Waals surface area contributed by atoms with E-state index >= 15 is 0 Å². The largest absolute Gasteiger partial charge is 0.394 e. The SMILES string of the molecule is Nc1ncc(C2CCCCC2)nc1-c1ccc(C(=O)N[C@H](CO)c2cc(F)cc(I)c2)c(F)c1. The lowest BCUT2D eigenvalue weighted by Crippen LogP contribution is -2.31. The van der Waals surface area contributed by atoms with Crippen molar-refractivity contribution in [2.45, 2.75) is 44.1 Å². The first-order valence-corrected chi connectivity index (χ1v) is 12.2. The molecule has 1 aromatic heterocycles. The van der Waals surface area contributed by atoms with Gasteiger partial charge in [0.05, 0.1) is 30.1 Å². The van der Waals surface area contributed by atoms with E-state index in [9.17, 15) is 18.7 Å². The molecule has 4 rings (SSSR count). The van der Waals surface area contributed by atoms with E-state index in [2.05, 4.69) is 15.3 Å². The van der Waals surface area contributed by atoms with E-state index in [1.54, 1.807) is 18.3 Å². The molecule has 9 heteroatoms. The zero-order valence-corrected chi connectivity index (χ0v) is 20.6. The molecule has 0 bridgehead atoms. The van der Waals surface area contributed by atoms with Gasteiger partial charge in [-0.15, -0.1) is 0 Å². The van der Waals surface area contributed by atoms with Gasteiger partial charge in [0.1, 0.15) is 23.1 Å². The molecule has 178 valence electrons. The molecule has 6 nitrogen and oxygen atoms in total. The molecule has 0 saturated heterocycles. The third kappa shape index (κ3) is 5.52. The Hall–Kier alpha value is -2.66. The number of benzene rings is 2. The van der Waals surface area contributed by atoms with Crippen molar-refractivity contribution in [1.82, 2.24) is 15.3 Å². The smallest absolute Gasteiger partial charge is 0.254 e. The molecule has 4 N–H and O–H groups in total. The summed E-state index contributed by atoms with van der Waals surface area (Å²) in [5, 5.41) is 12.3. The predicted octanol–water partition coefficient (Wildman–Crippen LogP) is 5.12. The number of rotatable bonds is 6. The fourth-order valence-corrected chi connectivity index (χ4v) is 4.97. The first kappa shape index (κ1) is 24.5. The highest BCUT2D eigenvalue weighted by atomic mass is 127. The van der Waals surface area contributed by atoms with E-state index in [0.29, 0.717) is 26.3 Å². The van der Waals surface area contributed by atoms with Crippen LogP contribution >= 0.6 is 22.6 Å². The van der Waals surface area contributed by atoms with Crippen LogP contribution in [-0.4, -0.2) is 27.6 Å². The number of nitrogen functional groups attached to an aromatic ring is 1. The summed E-state index contributed by atoms with van der Waals surface area (Å²) in [4.78, 5) is 21.7. The molecule has 1 fully saturated rings. The van der Waals surface area contributed by atoms with Crippen LogP contribution in [0.1, 0.15) is 65.7 Å². The molecule has 0 unspecified atom stereocenters. The number of nitrogens with two attached hydrogens (primary N) is 1. The van der Waals surface area contributed by atoms with E-state index in [1.807, 2.05) is 22.6 Å². The Balaban J connectivity index is 1.56. The van der Waals surface area contributed by atoms with Gasteiger partial charge in [0.25, 0.3) is 5.91 Å². The molecule has 0 radical (unpaired) electrons. The molecule has 1 amide bonds. The Morgan fingerprint density at radius 1 is 1.18 bits per heavy atom. The first-order chi connectivity index (χ1) is 16.4. The van der Waals surface area contributed by atoms with E-state index in [4.69, 9.17) is 5.73 Å². The topological polar surface area (TPSA) is 101 Å². The lowest BCUT2D eigenvalue weighted by molar-refractivity contribution is 0.0912. The molecule has 1 aliphatic carbocycles. The normalized spacial score (nSPS) is 15.2. The molecule has 1 aliphatic rings. The van der Waals surface area contributed by atoms with Crippen LogP contribution < -0.4 is 11.1 Å². The quantitative estimate of drug-likeness (QED) is 0.353. The first-order valence-electron chi connectivity index (χ1n) is 11.2. The molecule has 1 saturated carbocycles. The van der Waals surface area contributed by atoms with Crippen molar-refractivity contribution in [2.24, 2.45) is 0 Å². The van der Waals surface area contributed by atoms with Gasteiger partial charge in [-0.3, -0.25) is 4.79 Å². The van der Waals surface area contributed by atoms with Crippen LogP contribution in [-0.2, 0) is 0 Å². The Morgan fingerprint density at radius 3 is 2.62 bits per heavy atom. The number of carbonyl (C=O) groups excluding carboxylic acids is 1. The summed E-state index contributed by atoms with van der Waals surface area (Å²) in [6.45, 7) is -0.467. The summed E-state index contributed by atoms with van der Waals surface area (Å²) in [6, 6.07) is 7.44. The third-order valence-electron chi connectivity index (χ3n) is 6.11. The molecule has 3 aromatic rings. The molecule has 34 heavy (non-hydrogen) atoms.